The average Bonchev–Trinajstić information content (AvgIpc) is 3.28. The zero-order valence-corrected chi connectivity index (χ0v) is 24.3. The van der Waals surface area contributed by atoms with Gasteiger partial charge in [0.15, 0.2) is 0 Å². The SMILES string of the molecule is Cc1[c-]c(C)c(C)c(N2C(=O)C=CC2=O)c1C.Cc1[c-]c(C)c(C)c(N2C(=O)C=CC2=O)c1C.[Y]. The molecule has 0 bridgehead atoms. The van der Waals surface area contributed by atoms with Crippen molar-refractivity contribution < 1.29 is 51.9 Å². The molecular formula is C28H28N2O4Y-2. The van der Waals surface area contributed by atoms with Crippen LogP contribution in [0.2, 0.25) is 0 Å². The Bertz CT molecular complexity index is 1130. The Kier molecular flexibility index (Phi) is 8.91. The molecule has 1 radical (unpaired) electrons. The smallest absolute Gasteiger partial charge is 0.256 e. The zero-order valence-electron chi connectivity index (χ0n) is 21.4. The van der Waals surface area contributed by atoms with E-state index in [0.717, 1.165) is 44.5 Å². The summed E-state index contributed by atoms with van der Waals surface area (Å²) in [5.74, 6) is -1.09. The van der Waals surface area contributed by atoms with Gasteiger partial charge in [-0.15, -0.1) is 22.3 Å². The molecule has 0 N–H and O–H groups in total. The summed E-state index contributed by atoms with van der Waals surface area (Å²) >= 11 is 0. The predicted molar refractivity (Wildman–Crippen MR) is 132 cm³/mol. The minimum absolute atomic E-state index is 0. The maximum atomic E-state index is 11.7. The molecular weight excluding hydrogens is 517 g/mol. The number of nitrogens with zero attached hydrogens (tertiary/aromatic N) is 2. The molecule has 0 saturated heterocycles. The van der Waals surface area contributed by atoms with Crippen molar-refractivity contribution in [1.29, 1.82) is 0 Å². The second-order valence-corrected chi connectivity index (χ2v) is 8.64. The summed E-state index contributed by atoms with van der Waals surface area (Å²) in [5.41, 5.74) is 9.00. The number of hydrogen-bond acceptors (Lipinski definition) is 4. The molecule has 0 aliphatic carbocycles. The van der Waals surface area contributed by atoms with Gasteiger partial charge in [0.2, 0.25) is 0 Å². The van der Waals surface area contributed by atoms with Crippen LogP contribution in [0.3, 0.4) is 0 Å². The minimum Gasteiger partial charge on any atom is -0.269 e. The summed E-state index contributed by atoms with van der Waals surface area (Å²) < 4.78 is 0. The van der Waals surface area contributed by atoms with Crippen LogP contribution < -0.4 is 9.80 Å². The Labute approximate surface area is 231 Å². The van der Waals surface area contributed by atoms with Crippen molar-refractivity contribution in [2.75, 3.05) is 9.80 Å². The molecule has 179 valence electrons. The molecule has 0 fully saturated rings. The van der Waals surface area contributed by atoms with E-state index in [0.29, 0.717) is 11.4 Å². The first-order chi connectivity index (χ1) is 15.9. The van der Waals surface area contributed by atoms with E-state index in [4.69, 9.17) is 0 Å². The van der Waals surface area contributed by atoms with Crippen molar-refractivity contribution in [1.82, 2.24) is 0 Å². The number of amides is 4. The Morgan fingerprint density at radius 1 is 0.457 bits per heavy atom. The van der Waals surface area contributed by atoms with Crippen LogP contribution in [0.5, 0.6) is 0 Å². The quantitative estimate of drug-likeness (QED) is 0.417. The van der Waals surface area contributed by atoms with Crippen molar-refractivity contribution in [3.63, 3.8) is 0 Å². The number of anilines is 2. The predicted octanol–water partition coefficient (Wildman–Crippen LogP) is 4.30. The van der Waals surface area contributed by atoms with Crippen LogP contribution in [-0.4, -0.2) is 23.6 Å². The summed E-state index contributed by atoms with van der Waals surface area (Å²) in [5, 5.41) is 0. The molecule has 7 heteroatoms. The third kappa shape index (κ3) is 5.29. The fraction of sp³-hybridized carbons (Fsp3) is 0.286. The Balaban J connectivity index is 0.000000240. The van der Waals surface area contributed by atoms with Gasteiger partial charge in [-0.05, 0) is 11.4 Å². The first kappa shape index (κ1) is 28.5. The van der Waals surface area contributed by atoms with Crippen LogP contribution in [0.1, 0.15) is 44.5 Å². The van der Waals surface area contributed by atoms with Gasteiger partial charge < -0.3 is 0 Å². The number of imide groups is 2. The second-order valence-electron chi connectivity index (χ2n) is 8.64. The van der Waals surface area contributed by atoms with Gasteiger partial charge in [0.1, 0.15) is 0 Å². The van der Waals surface area contributed by atoms with Crippen molar-refractivity contribution in [3.8, 4) is 0 Å². The number of aryl methyl sites for hydroxylation is 4. The fourth-order valence-electron chi connectivity index (χ4n) is 4.12. The molecule has 0 atom stereocenters. The molecule has 6 nitrogen and oxygen atoms in total. The van der Waals surface area contributed by atoms with Gasteiger partial charge in [-0.1, -0.05) is 55.4 Å². The van der Waals surface area contributed by atoms with E-state index in [1.54, 1.807) is 0 Å². The maximum Gasteiger partial charge on any atom is 0.256 e. The van der Waals surface area contributed by atoms with Crippen LogP contribution in [0.25, 0.3) is 0 Å². The standard InChI is InChI=1S/2C14H14NO2.Y/c2*1-8-7-9(2)11(4)14(10(8)3)15-12(16)5-6-13(15)17;/h2*5-6H,1-4H3;/q2*-1;. The molecule has 2 heterocycles. The molecule has 2 aromatic rings. The first-order valence-corrected chi connectivity index (χ1v) is 11.0. The van der Waals surface area contributed by atoms with Crippen LogP contribution >= 0.6 is 0 Å². The molecule has 0 aromatic heterocycles. The number of hydrogen-bond donors (Lipinski definition) is 0. The number of carbonyl (C=O) groups is 4. The van der Waals surface area contributed by atoms with Crippen molar-refractivity contribution >= 4 is 35.0 Å². The van der Waals surface area contributed by atoms with E-state index in [2.05, 4.69) is 12.1 Å². The summed E-state index contributed by atoms with van der Waals surface area (Å²) in [6, 6.07) is 6.46. The van der Waals surface area contributed by atoms with Gasteiger partial charge in [0.05, 0.1) is 0 Å². The summed E-state index contributed by atoms with van der Waals surface area (Å²) in [4.78, 5) is 49.4. The number of rotatable bonds is 2. The van der Waals surface area contributed by atoms with Gasteiger partial charge in [-0.2, -0.15) is 34.4 Å². The van der Waals surface area contributed by atoms with E-state index in [1.807, 2.05) is 55.4 Å². The largest absolute Gasteiger partial charge is 0.269 e. The van der Waals surface area contributed by atoms with E-state index < -0.39 is 0 Å². The van der Waals surface area contributed by atoms with Crippen LogP contribution in [0.15, 0.2) is 24.3 Å². The van der Waals surface area contributed by atoms with Gasteiger partial charge >= 0.3 is 0 Å². The second kappa shape index (κ2) is 10.9. The van der Waals surface area contributed by atoms with Gasteiger partial charge in [-0.25, -0.2) is 0 Å². The van der Waals surface area contributed by atoms with E-state index >= 15 is 0 Å². The topological polar surface area (TPSA) is 74.8 Å². The maximum absolute atomic E-state index is 11.7. The normalized spacial score (nSPS) is 14.5. The van der Waals surface area contributed by atoms with Crippen molar-refractivity contribution in [2.45, 2.75) is 55.4 Å². The van der Waals surface area contributed by atoms with Crippen LogP contribution in [0.4, 0.5) is 11.4 Å². The molecule has 2 aliphatic rings. The molecule has 4 amide bonds. The first-order valence-electron chi connectivity index (χ1n) is 11.0. The van der Waals surface area contributed by atoms with Crippen LogP contribution in [-0.2, 0) is 51.9 Å². The van der Waals surface area contributed by atoms with Gasteiger partial charge in [-0.3, -0.25) is 29.0 Å². The Hall–Kier alpha value is -2.70. The molecule has 2 aliphatic heterocycles. The summed E-state index contributed by atoms with van der Waals surface area (Å²) in [7, 11) is 0. The number of carbonyl (C=O) groups excluding carboxylic acids is 4. The molecule has 0 spiro atoms. The molecule has 0 unspecified atom stereocenters. The molecule has 0 saturated carbocycles. The van der Waals surface area contributed by atoms with Crippen molar-refractivity contribution in [3.05, 3.63) is 80.9 Å². The fourth-order valence-corrected chi connectivity index (χ4v) is 4.12. The van der Waals surface area contributed by atoms with Gasteiger partial charge in [0, 0.05) is 57.0 Å². The van der Waals surface area contributed by atoms with E-state index in [1.165, 1.54) is 34.1 Å². The Morgan fingerprint density at radius 2 is 0.657 bits per heavy atom. The van der Waals surface area contributed by atoms with E-state index in [-0.39, 0.29) is 56.3 Å². The Morgan fingerprint density at radius 3 is 0.857 bits per heavy atom. The summed E-state index contributed by atoms with van der Waals surface area (Å²) in [6.07, 6.45) is 5.23. The van der Waals surface area contributed by atoms with Crippen molar-refractivity contribution in [2.24, 2.45) is 0 Å². The minimum atomic E-state index is -0.272. The molecule has 2 aromatic carbocycles. The summed E-state index contributed by atoms with van der Waals surface area (Å²) in [6.45, 7) is 15.4. The monoisotopic (exact) mass is 545 g/mol. The third-order valence-electron chi connectivity index (χ3n) is 6.49. The number of benzene rings is 2. The molecule has 35 heavy (non-hydrogen) atoms. The average molecular weight is 545 g/mol. The van der Waals surface area contributed by atoms with Crippen LogP contribution in [0, 0.1) is 67.5 Å². The van der Waals surface area contributed by atoms with E-state index in [9.17, 15) is 19.2 Å². The van der Waals surface area contributed by atoms with Gasteiger partial charge in [0.25, 0.3) is 23.6 Å². The molecule has 4 rings (SSSR count). The zero-order chi connectivity index (χ0) is 25.5. The third-order valence-corrected chi connectivity index (χ3v) is 6.49.